The SMILES string of the molecule is C[C@H](Cc1ccccc1)[C@H]1CC=C2C3=C(CC[C@@]21C)[C@@]1(C)CCCC(C)(C)[C@@H]1CC3. The number of allylic oxidation sites excluding steroid dienone is 4. The second-order valence-corrected chi connectivity index (χ2v) is 12.4. The van der Waals surface area contributed by atoms with Crippen molar-refractivity contribution >= 4 is 0 Å². The third-order valence-corrected chi connectivity index (χ3v) is 10.3. The van der Waals surface area contributed by atoms with Crippen molar-refractivity contribution in [3.63, 3.8) is 0 Å². The fourth-order valence-electron chi connectivity index (χ4n) is 8.81. The summed E-state index contributed by atoms with van der Waals surface area (Å²) in [5, 5.41) is 0. The maximum atomic E-state index is 2.69. The van der Waals surface area contributed by atoms with Gasteiger partial charge in [0.25, 0.3) is 0 Å². The summed E-state index contributed by atoms with van der Waals surface area (Å²) in [6.45, 7) is 12.9. The molecular weight excluding hydrogens is 360 g/mol. The van der Waals surface area contributed by atoms with E-state index in [1.807, 2.05) is 11.1 Å². The highest BCUT2D eigenvalue weighted by molar-refractivity contribution is 5.49. The molecule has 0 radical (unpaired) electrons. The van der Waals surface area contributed by atoms with Gasteiger partial charge in [0.2, 0.25) is 0 Å². The molecule has 4 aliphatic rings. The van der Waals surface area contributed by atoms with Crippen LogP contribution in [0.2, 0.25) is 0 Å². The molecule has 0 unspecified atom stereocenters. The van der Waals surface area contributed by atoms with E-state index in [1.54, 1.807) is 5.57 Å². The van der Waals surface area contributed by atoms with Gasteiger partial charge in [0.15, 0.2) is 0 Å². The zero-order valence-corrected chi connectivity index (χ0v) is 20.1. The van der Waals surface area contributed by atoms with Crippen molar-refractivity contribution in [1.82, 2.24) is 0 Å². The predicted octanol–water partition coefficient (Wildman–Crippen LogP) is 8.53. The maximum absolute atomic E-state index is 2.69. The Kier molecular flexibility index (Phi) is 4.88. The quantitative estimate of drug-likeness (QED) is 0.475. The van der Waals surface area contributed by atoms with Gasteiger partial charge in [0.05, 0.1) is 0 Å². The Morgan fingerprint density at radius 3 is 2.47 bits per heavy atom. The van der Waals surface area contributed by atoms with Gasteiger partial charge in [-0.05, 0) is 102 Å². The molecule has 1 fully saturated rings. The Morgan fingerprint density at radius 1 is 0.933 bits per heavy atom. The van der Waals surface area contributed by atoms with E-state index in [0.717, 1.165) is 17.8 Å². The Bertz CT molecular complexity index is 869. The van der Waals surface area contributed by atoms with Gasteiger partial charge in [0, 0.05) is 0 Å². The summed E-state index contributed by atoms with van der Waals surface area (Å²) in [4.78, 5) is 0. The van der Waals surface area contributed by atoms with Crippen molar-refractivity contribution in [2.75, 3.05) is 0 Å². The van der Waals surface area contributed by atoms with Crippen molar-refractivity contribution in [2.24, 2.45) is 34.0 Å². The van der Waals surface area contributed by atoms with E-state index >= 15 is 0 Å². The molecule has 1 aromatic rings. The first-order valence-corrected chi connectivity index (χ1v) is 12.7. The van der Waals surface area contributed by atoms with E-state index < -0.39 is 0 Å². The number of rotatable bonds is 3. The number of benzene rings is 1. The summed E-state index contributed by atoms with van der Waals surface area (Å²) in [5.41, 5.74) is 8.41. The van der Waals surface area contributed by atoms with Crippen molar-refractivity contribution in [3.8, 4) is 0 Å². The van der Waals surface area contributed by atoms with Gasteiger partial charge >= 0.3 is 0 Å². The van der Waals surface area contributed by atoms with Gasteiger partial charge < -0.3 is 0 Å². The Morgan fingerprint density at radius 2 is 1.70 bits per heavy atom. The topological polar surface area (TPSA) is 0 Å². The molecule has 162 valence electrons. The van der Waals surface area contributed by atoms with Crippen LogP contribution in [0.5, 0.6) is 0 Å². The molecule has 30 heavy (non-hydrogen) atoms. The molecule has 0 N–H and O–H groups in total. The van der Waals surface area contributed by atoms with Crippen LogP contribution in [0.15, 0.2) is 53.1 Å². The third-order valence-electron chi connectivity index (χ3n) is 10.3. The summed E-state index contributed by atoms with van der Waals surface area (Å²) < 4.78 is 0. The number of fused-ring (bicyclic) bond motifs is 4. The second kappa shape index (κ2) is 7.11. The Labute approximate surface area is 185 Å². The zero-order chi connectivity index (χ0) is 21.1. The van der Waals surface area contributed by atoms with Crippen LogP contribution in [0.4, 0.5) is 0 Å². The molecule has 0 spiro atoms. The maximum Gasteiger partial charge on any atom is -0.00388 e. The monoisotopic (exact) mass is 402 g/mol. The molecule has 0 heteroatoms. The van der Waals surface area contributed by atoms with Gasteiger partial charge in [-0.15, -0.1) is 0 Å². The van der Waals surface area contributed by atoms with Gasteiger partial charge in [-0.3, -0.25) is 0 Å². The van der Waals surface area contributed by atoms with Crippen LogP contribution in [0.25, 0.3) is 0 Å². The van der Waals surface area contributed by atoms with Crippen molar-refractivity contribution in [3.05, 3.63) is 58.7 Å². The van der Waals surface area contributed by atoms with Crippen molar-refractivity contribution in [1.29, 1.82) is 0 Å². The number of hydrogen-bond donors (Lipinski definition) is 0. The lowest BCUT2D eigenvalue weighted by Gasteiger charge is -2.58. The van der Waals surface area contributed by atoms with Crippen LogP contribution in [0, 0.1) is 34.0 Å². The fourth-order valence-corrected chi connectivity index (χ4v) is 8.81. The van der Waals surface area contributed by atoms with E-state index in [-0.39, 0.29) is 0 Å². The minimum atomic E-state index is 0.403. The van der Waals surface area contributed by atoms with E-state index in [1.165, 1.54) is 63.4 Å². The summed E-state index contributed by atoms with van der Waals surface area (Å²) in [5.74, 6) is 2.43. The van der Waals surface area contributed by atoms with Crippen molar-refractivity contribution < 1.29 is 0 Å². The largest absolute Gasteiger partial charge is 0.0802 e. The minimum Gasteiger partial charge on any atom is -0.0802 e. The van der Waals surface area contributed by atoms with Crippen LogP contribution in [0.1, 0.15) is 91.5 Å². The molecule has 1 saturated carbocycles. The van der Waals surface area contributed by atoms with Crippen LogP contribution >= 0.6 is 0 Å². The van der Waals surface area contributed by atoms with E-state index in [2.05, 4.69) is 71.0 Å². The number of hydrogen-bond acceptors (Lipinski definition) is 0. The Hall–Kier alpha value is -1.30. The average molecular weight is 403 g/mol. The van der Waals surface area contributed by atoms with Crippen molar-refractivity contribution in [2.45, 2.75) is 92.4 Å². The van der Waals surface area contributed by atoms with Crippen LogP contribution in [-0.4, -0.2) is 0 Å². The highest BCUT2D eigenvalue weighted by Gasteiger charge is 2.55. The van der Waals surface area contributed by atoms with Crippen LogP contribution in [-0.2, 0) is 6.42 Å². The highest BCUT2D eigenvalue weighted by atomic mass is 14.6. The predicted molar refractivity (Wildman–Crippen MR) is 128 cm³/mol. The molecule has 5 rings (SSSR count). The third kappa shape index (κ3) is 3.00. The first kappa shape index (κ1) is 20.6. The smallest absolute Gasteiger partial charge is 0.00388 e. The first-order chi connectivity index (χ1) is 14.3. The molecule has 1 aromatic carbocycles. The molecular formula is C30H42. The zero-order valence-electron chi connectivity index (χ0n) is 20.1. The molecule has 0 aliphatic heterocycles. The fraction of sp³-hybridized carbons (Fsp3) is 0.667. The summed E-state index contributed by atoms with van der Waals surface area (Å²) in [6.07, 6.45) is 15.0. The molecule has 4 aliphatic carbocycles. The van der Waals surface area contributed by atoms with Gasteiger partial charge in [-0.1, -0.05) is 83.0 Å². The standard InChI is InChI=1S/C30H42/c1-21(20-22-10-7-6-8-11-22)24-13-14-25-23-12-15-27-28(2,3)17-9-18-30(27,5)26(23)16-19-29(24,25)4/h6-8,10-11,14,21,24,27H,9,12-13,15-20H2,1-5H3/t21-,24-,27+,29-,30-/m1/s1. The first-order valence-electron chi connectivity index (χ1n) is 12.7. The minimum absolute atomic E-state index is 0.403. The lowest BCUT2D eigenvalue weighted by atomic mass is 9.47. The van der Waals surface area contributed by atoms with Crippen LogP contribution in [0.3, 0.4) is 0 Å². The van der Waals surface area contributed by atoms with Gasteiger partial charge in [0.1, 0.15) is 0 Å². The highest BCUT2D eigenvalue weighted by Crippen LogP contribution is 2.66. The normalized spacial score (nSPS) is 38.4. The average Bonchev–Trinajstić information content (AvgIpc) is 3.05. The molecule has 0 heterocycles. The molecule has 0 nitrogen and oxygen atoms in total. The molecule has 0 aromatic heterocycles. The molecule has 0 amide bonds. The van der Waals surface area contributed by atoms with E-state index in [0.29, 0.717) is 16.2 Å². The second-order valence-electron chi connectivity index (χ2n) is 12.4. The van der Waals surface area contributed by atoms with Gasteiger partial charge in [-0.2, -0.15) is 0 Å². The lowest BCUT2D eigenvalue weighted by Crippen LogP contribution is -2.47. The summed E-state index contributed by atoms with van der Waals surface area (Å²) >= 11 is 0. The van der Waals surface area contributed by atoms with E-state index in [9.17, 15) is 0 Å². The Balaban J connectivity index is 1.44. The summed E-state index contributed by atoms with van der Waals surface area (Å²) in [7, 11) is 0. The summed E-state index contributed by atoms with van der Waals surface area (Å²) in [6, 6.07) is 11.2. The molecule has 0 bridgehead atoms. The van der Waals surface area contributed by atoms with Gasteiger partial charge in [-0.25, -0.2) is 0 Å². The molecule has 0 saturated heterocycles. The lowest BCUT2D eigenvalue weighted by molar-refractivity contribution is 0.00601. The van der Waals surface area contributed by atoms with E-state index in [4.69, 9.17) is 0 Å². The molecule has 5 atom stereocenters. The van der Waals surface area contributed by atoms with Crippen LogP contribution < -0.4 is 0 Å².